The zero-order valence-corrected chi connectivity index (χ0v) is 11.3. The van der Waals surface area contributed by atoms with Crippen LogP contribution >= 0.6 is 0 Å². The lowest BCUT2D eigenvalue weighted by molar-refractivity contribution is 0.622. The Hall–Kier alpha value is -1.48. The van der Waals surface area contributed by atoms with Crippen molar-refractivity contribution >= 4 is 10.8 Å². The molecule has 0 fully saturated rings. The fourth-order valence-corrected chi connectivity index (χ4v) is 3.11. The van der Waals surface area contributed by atoms with Crippen LogP contribution in [-0.2, 0) is 16.6 Å². The number of rotatable bonds is 3. The average molecular weight is 262 g/mol. The van der Waals surface area contributed by atoms with Crippen molar-refractivity contribution in [2.45, 2.75) is 24.5 Å². The van der Waals surface area contributed by atoms with E-state index in [9.17, 15) is 8.60 Å². The Bertz CT molecular complexity index is 573. The first-order valence-electron chi connectivity index (χ1n) is 5.76. The molecule has 0 aromatic heterocycles. The molecule has 0 aliphatic rings. The summed E-state index contributed by atoms with van der Waals surface area (Å²) in [6.07, 6.45) is 0. The van der Waals surface area contributed by atoms with Gasteiger partial charge in [-0.05, 0) is 37.6 Å². The molecule has 2 rings (SSSR count). The van der Waals surface area contributed by atoms with Gasteiger partial charge < -0.3 is 0 Å². The molecule has 94 valence electrons. The molecule has 3 heteroatoms. The summed E-state index contributed by atoms with van der Waals surface area (Å²) < 4.78 is 25.2. The maximum Gasteiger partial charge on any atom is 0.124 e. The fourth-order valence-electron chi connectivity index (χ4n) is 2.00. The first kappa shape index (κ1) is 13.0. The van der Waals surface area contributed by atoms with E-state index in [-0.39, 0.29) is 5.82 Å². The predicted octanol–water partition coefficient (Wildman–Crippen LogP) is 3.75. The molecule has 1 unspecified atom stereocenters. The minimum Gasteiger partial charge on any atom is -0.254 e. The minimum absolute atomic E-state index is 0.346. The van der Waals surface area contributed by atoms with E-state index in [2.05, 4.69) is 6.07 Å². The van der Waals surface area contributed by atoms with Crippen LogP contribution in [0.3, 0.4) is 0 Å². The van der Waals surface area contributed by atoms with Crippen LogP contribution in [0.4, 0.5) is 4.39 Å². The van der Waals surface area contributed by atoms with Crippen LogP contribution in [-0.4, -0.2) is 4.21 Å². The molecule has 0 radical (unpaired) electrons. The van der Waals surface area contributed by atoms with Crippen molar-refractivity contribution in [2.75, 3.05) is 0 Å². The van der Waals surface area contributed by atoms with E-state index >= 15 is 0 Å². The number of hydrogen-bond acceptors (Lipinski definition) is 1. The smallest absolute Gasteiger partial charge is 0.124 e. The molecule has 0 saturated carbocycles. The van der Waals surface area contributed by atoms with Crippen LogP contribution in [0.1, 0.15) is 16.7 Å². The Morgan fingerprint density at radius 1 is 1.06 bits per heavy atom. The SMILES string of the molecule is Cc1cc(C)cc(CS(=O)c2cccc(F)c2)c1. The quantitative estimate of drug-likeness (QED) is 0.823. The molecule has 2 aromatic rings. The molecule has 18 heavy (non-hydrogen) atoms. The summed E-state index contributed by atoms with van der Waals surface area (Å²) in [5, 5.41) is 0. The molecule has 1 atom stereocenters. The first-order valence-corrected chi connectivity index (χ1v) is 7.07. The summed E-state index contributed by atoms with van der Waals surface area (Å²) in [5.74, 6) is 0.0765. The second-order valence-electron chi connectivity index (χ2n) is 4.44. The second-order valence-corrected chi connectivity index (χ2v) is 5.89. The number of halogens is 1. The Balaban J connectivity index is 2.21. The van der Waals surface area contributed by atoms with Gasteiger partial charge in [0, 0.05) is 4.90 Å². The van der Waals surface area contributed by atoms with Gasteiger partial charge in [0.15, 0.2) is 0 Å². The van der Waals surface area contributed by atoms with Gasteiger partial charge in [0.05, 0.1) is 16.6 Å². The highest BCUT2D eigenvalue weighted by Gasteiger charge is 2.07. The van der Waals surface area contributed by atoms with Crippen molar-refractivity contribution < 1.29 is 8.60 Å². The van der Waals surface area contributed by atoms with E-state index < -0.39 is 10.8 Å². The fraction of sp³-hybridized carbons (Fsp3) is 0.200. The lowest BCUT2D eigenvalue weighted by Gasteiger charge is -2.05. The standard InChI is InChI=1S/C15H15FOS/c1-11-6-12(2)8-13(7-11)10-18(17)15-5-3-4-14(16)9-15/h3-9H,10H2,1-2H3. The zero-order valence-electron chi connectivity index (χ0n) is 10.4. The van der Waals surface area contributed by atoms with Crippen LogP contribution in [0, 0.1) is 19.7 Å². The van der Waals surface area contributed by atoms with E-state index in [1.165, 1.54) is 12.1 Å². The van der Waals surface area contributed by atoms with Crippen LogP contribution in [0.15, 0.2) is 47.4 Å². The molecule has 0 amide bonds. The van der Waals surface area contributed by atoms with Gasteiger partial charge in [-0.3, -0.25) is 4.21 Å². The lowest BCUT2D eigenvalue weighted by atomic mass is 10.1. The Kier molecular flexibility index (Phi) is 3.92. The molecule has 0 N–H and O–H groups in total. The molecule has 0 heterocycles. The normalized spacial score (nSPS) is 12.4. The van der Waals surface area contributed by atoms with Gasteiger partial charge in [-0.2, -0.15) is 0 Å². The highest BCUT2D eigenvalue weighted by molar-refractivity contribution is 7.84. The van der Waals surface area contributed by atoms with E-state index in [0.717, 1.165) is 16.7 Å². The molecule has 0 aliphatic heterocycles. The van der Waals surface area contributed by atoms with Crippen LogP contribution < -0.4 is 0 Å². The van der Waals surface area contributed by atoms with Gasteiger partial charge in [-0.1, -0.05) is 35.4 Å². The van der Waals surface area contributed by atoms with Crippen LogP contribution in [0.2, 0.25) is 0 Å². The van der Waals surface area contributed by atoms with Crippen molar-refractivity contribution in [1.82, 2.24) is 0 Å². The van der Waals surface area contributed by atoms with Crippen molar-refractivity contribution in [3.8, 4) is 0 Å². The Labute approximate surface area is 109 Å². The number of aryl methyl sites for hydroxylation is 2. The van der Waals surface area contributed by atoms with Crippen LogP contribution in [0.5, 0.6) is 0 Å². The zero-order chi connectivity index (χ0) is 13.1. The molecule has 2 aromatic carbocycles. The van der Waals surface area contributed by atoms with E-state index in [1.54, 1.807) is 12.1 Å². The van der Waals surface area contributed by atoms with Crippen molar-refractivity contribution in [3.63, 3.8) is 0 Å². The molecule has 0 aliphatic carbocycles. The Morgan fingerprint density at radius 2 is 1.72 bits per heavy atom. The average Bonchev–Trinajstić information content (AvgIpc) is 2.27. The maximum atomic E-state index is 13.1. The van der Waals surface area contributed by atoms with Gasteiger partial charge >= 0.3 is 0 Å². The molecule has 0 spiro atoms. The van der Waals surface area contributed by atoms with E-state index in [4.69, 9.17) is 0 Å². The van der Waals surface area contributed by atoms with Crippen molar-refractivity contribution in [3.05, 3.63) is 65.0 Å². The largest absolute Gasteiger partial charge is 0.254 e. The summed E-state index contributed by atoms with van der Waals surface area (Å²) in [6.45, 7) is 4.03. The Morgan fingerprint density at radius 3 is 2.33 bits per heavy atom. The van der Waals surface area contributed by atoms with Crippen molar-refractivity contribution in [2.24, 2.45) is 0 Å². The van der Waals surface area contributed by atoms with Gasteiger partial charge in [-0.15, -0.1) is 0 Å². The summed E-state index contributed by atoms with van der Waals surface area (Å²) in [4.78, 5) is 0.536. The highest BCUT2D eigenvalue weighted by Crippen LogP contribution is 2.16. The monoisotopic (exact) mass is 262 g/mol. The van der Waals surface area contributed by atoms with E-state index in [0.29, 0.717) is 10.6 Å². The molecular formula is C15H15FOS. The third-order valence-electron chi connectivity index (χ3n) is 2.64. The number of hydrogen-bond donors (Lipinski definition) is 0. The molecule has 1 nitrogen and oxygen atoms in total. The van der Waals surface area contributed by atoms with Gasteiger partial charge in [0.25, 0.3) is 0 Å². The molecule has 0 saturated heterocycles. The first-order chi connectivity index (χ1) is 8.54. The van der Waals surface area contributed by atoms with E-state index in [1.807, 2.05) is 26.0 Å². The molecule has 0 bridgehead atoms. The highest BCUT2D eigenvalue weighted by atomic mass is 32.2. The summed E-state index contributed by atoms with van der Waals surface area (Å²) in [5.41, 5.74) is 3.33. The van der Waals surface area contributed by atoms with Crippen molar-refractivity contribution in [1.29, 1.82) is 0 Å². The van der Waals surface area contributed by atoms with Gasteiger partial charge in [-0.25, -0.2) is 4.39 Å². The molecular weight excluding hydrogens is 247 g/mol. The maximum absolute atomic E-state index is 13.1. The lowest BCUT2D eigenvalue weighted by Crippen LogP contribution is -1.98. The summed E-state index contributed by atoms with van der Waals surface area (Å²) in [7, 11) is -1.20. The predicted molar refractivity (Wildman–Crippen MR) is 72.4 cm³/mol. The minimum atomic E-state index is -1.20. The third kappa shape index (κ3) is 3.26. The van der Waals surface area contributed by atoms with Gasteiger partial charge in [0.2, 0.25) is 0 Å². The third-order valence-corrected chi connectivity index (χ3v) is 4.01. The number of benzene rings is 2. The summed E-state index contributed by atoms with van der Waals surface area (Å²) in [6, 6.07) is 12.1. The van der Waals surface area contributed by atoms with Gasteiger partial charge in [0.1, 0.15) is 5.82 Å². The second kappa shape index (κ2) is 5.44. The summed E-state index contributed by atoms with van der Waals surface area (Å²) >= 11 is 0. The van der Waals surface area contributed by atoms with Crippen LogP contribution in [0.25, 0.3) is 0 Å². The topological polar surface area (TPSA) is 17.1 Å².